The van der Waals surface area contributed by atoms with E-state index < -0.39 is 35.2 Å². The number of benzene rings is 2. The lowest BCUT2D eigenvalue weighted by Crippen LogP contribution is -2.28. The van der Waals surface area contributed by atoms with Crippen LogP contribution >= 0.6 is 0 Å². The minimum absolute atomic E-state index is 0.00724. The van der Waals surface area contributed by atoms with Crippen molar-refractivity contribution in [1.82, 2.24) is 14.8 Å². The molecule has 0 spiro atoms. The van der Waals surface area contributed by atoms with Crippen LogP contribution in [0.4, 0.5) is 26.1 Å². The molecule has 0 saturated heterocycles. The smallest absolute Gasteiger partial charge is 0.306 e. The Morgan fingerprint density at radius 3 is 2.55 bits per heavy atom. The summed E-state index contributed by atoms with van der Waals surface area (Å²) in [4.78, 5) is 17.0. The van der Waals surface area contributed by atoms with Gasteiger partial charge in [0.2, 0.25) is 0 Å². The van der Waals surface area contributed by atoms with Crippen molar-refractivity contribution in [2.75, 3.05) is 10.6 Å². The SMILES string of the molecule is CCn1ncc2c(Nc3nc(N[C@H](c4ccccc4F)[C@H](C)CC(=O)OC(C)(C)C)c(F)cc3C#N)cccc21. The summed E-state index contributed by atoms with van der Waals surface area (Å²) in [6, 6.07) is 13.9. The Morgan fingerprint density at radius 2 is 1.88 bits per heavy atom. The summed E-state index contributed by atoms with van der Waals surface area (Å²) in [7, 11) is 0. The average Bonchev–Trinajstić information content (AvgIpc) is 3.32. The summed E-state index contributed by atoms with van der Waals surface area (Å²) >= 11 is 0. The molecule has 0 radical (unpaired) electrons. The lowest BCUT2D eigenvalue weighted by molar-refractivity contribution is -0.155. The van der Waals surface area contributed by atoms with Gasteiger partial charge in [-0.2, -0.15) is 10.4 Å². The van der Waals surface area contributed by atoms with Gasteiger partial charge >= 0.3 is 5.97 Å². The van der Waals surface area contributed by atoms with Gasteiger partial charge in [-0.15, -0.1) is 0 Å². The molecule has 4 rings (SSSR count). The Kier molecular flexibility index (Phi) is 8.33. The number of carbonyl (C=O) groups excluding carboxylic acids is 1. The lowest BCUT2D eigenvalue weighted by atomic mass is 9.91. The van der Waals surface area contributed by atoms with Crippen LogP contribution in [0.3, 0.4) is 0 Å². The highest BCUT2D eigenvalue weighted by atomic mass is 19.1. The van der Waals surface area contributed by atoms with E-state index in [2.05, 4.69) is 20.7 Å². The highest BCUT2D eigenvalue weighted by Crippen LogP contribution is 2.34. The van der Waals surface area contributed by atoms with Gasteiger partial charge in [-0.3, -0.25) is 9.48 Å². The summed E-state index contributed by atoms with van der Waals surface area (Å²) in [5, 5.41) is 21.0. The van der Waals surface area contributed by atoms with Crippen molar-refractivity contribution in [1.29, 1.82) is 5.26 Å². The van der Waals surface area contributed by atoms with Crippen LogP contribution in [-0.4, -0.2) is 26.3 Å². The molecule has 8 nitrogen and oxygen atoms in total. The first-order valence-electron chi connectivity index (χ1n) is 13.1. The van der Waals surface area contributed by atoms with E-state index >= 15 is 4.39 Å². The first-order chi connectivity index (χ1) is 19.0. The zero-order valence-electron chi connectivity index (χ0n) is 23.1. The van der Waals surface area contributed by atoms with Gasteiger partial charge in [-0.1, -0.05) is 31.2 Å². The number of anilines is 3. The molecule has 40 heavy (non-hydrogen) atoms. The highest BCUT2D eigenvalue weighted by Gasteiger charge is 2.28. The fraction of sp³-hybridized carbons (Fsp3) is 0.333. The van der Waals surface area contributed by atoms with Gasteiger partial charge in [0, 0.05) is 17.5 Å². The standard InChI is InChI=1S/C30H32F2N6O2/c1-6-38-25-13-9-12-24(21(25)17-34-38)35-28-19(16-33)15-23(32)29(37-28)36-27(20-10-7-8-11-22(20)31)18(2)14-26(39)40-30(3,4)5/h7-13,15,17-18,27H,6,14H2,1-5H3,(H2,35,36,37)/t18-,27+/m1/s1. The summed E-state index contributed by atoms with van der Waals surface area (Å²) in [6.07, 6.45) is 1.66. The number of hydrogen-bond acceptors (Lipinski definition) is 7. The van der Waals surface area contributed by atoms with Crippen molar-refractivity contribution in [2.45, 2.75) is 59.2 Å². The summed E-state index contributed by atoms with van der Waals surface area (Å²) in [6.45, 7) is 9.70. The van der Waals surface area contributed by atoms with Gasteiger partial charge in [-0.05, 0) is 57.9 Å². The summed E-state index contributed by atoms with van der Waals surface area (Å²) in [5.74, 6) is -2.33. The van der Waals surface area contributed by atoms with Crippen LogP contribution in [0.2, 0.25) is 0 Å². The second-order valence-electron chi connectivity index (χ2n) is 10.6. The number of nitriles is 1. The molecule has 10 heteroatoms. The molecule has 0 aliphatic rings. The van der Waals surface area contributed by atoms with Gasteiger partial charge in [0.05, 0.1) is 35.4 Å². The molecule has 0 aliphatic carbocycles. The molecule has 0 bridgehead atoms. The number of aromatic nitrogens is 3. The van der Waals surface area contributed by atoms with Gasteiger partial charge in [-0.25, -0.2) is 13.8 Å². The Balaban J connectivity index is 1.70. The molecule has 2 heterocycles. The Hall–Kier alpha value is -4.52. The van der Waals surface area contributed by atoms with Gasteiger partial charge < -0.3 is 15.4 Å². The normalized spacial score (nSPS) is 12.9. The molecule has 208 valence electrons. The quantitative estimate of drug-likeness (QED) is 0.221. The average molecular weight is 547 g/mol. The maximum Gasteiger partial charge on any atom is 0.306 e. The Morgan fingerprint density at radius 1 is 1.12 bits per heavy atom. The second-order valence-corrected chi connectivity index (χ2v) is 10.6. The number of pyridine rings is 1. The monoisotopic (exact) mass is 546 g/mol. The molecular weight excluding hydrogens is 514 g/mol. The van der Waals surface area contributed by atoms with Crippen LogP contribution in [-0.2, 0) is 16.1 Å². The molecule has 0 saturated carbocycles. The number of hydrogen-bond donors (Lipinski definition) is 2. The summed E-state index contributed by atoms with van der Waals surface area (Å²) in [5.41, 5.74) is 1.09. The number of fused-ring (bicyclic) bond motifs is 1. The van der Waals surface area contributed by atoms with Crippen molar-refractivity contribution in [3.63, 3.8) is 0 Å². The largest absolute Gasteiger partial charge is 0.460 e. The van der Waals surface area contributed by atoms with Crippen LogP contribution in [0.1, 0.15) is 58.2 Å². The van der Waals surface area contributed by atoms with Crippen molar-refractivity contribution >= 4 is 34.2 Å². The minimum Gasteiger partial charge on any atom is -0.460 e. The van der Waals surface area contributed by atoms with E-state index in [-0.39, 0.29) is 29.2 Å². The zero-order valence-corrected chi connectivity index (χ0v) is 23.1. The maximum absolute atomic E-state index is 15.3. The molecule has 2 N–H and O–H groups in total. The molecule has 0 unspecified atom stereocenters. The topological polar surface area (TPSA) is 105 Å². The number of nitrogens with one attached hydrogen (secondary N) is 2. The van der Waals surface area contributed by atoms with Gasteiger partial charge in [0.15, 0.2) is 17.5 Å². The predicted octanol–water partition coefficient (Wildman–Crippen LogP) is 6.87. The maximum atomic E-state index is 15.3. The number of carbonyl (C=O) groups is 1. The van der Waals surface area contributed by atoms with Gasteiger partial charge in [0.1, 0.15) is 17.5 Å². The molecule has 2 aromatic carbocycles. The van der Waals surface area contributed by atoms with Crippen molar-refractivity contribution in [3.8, 4) is 6.07 Å². The number of nitrogens with zero attached hydrogens (tertiary/aromatic N) is 4. The number of ether oxygens (including phenoxy) is 1. The number of halogens is 2. The fourth-order valence-corrected chi connectivity index (χ4v) is 4.53. The van der Waals surface area contributed by atoms with Crippen LogP contribution in [0, 0.1) is 28.9 Å². The van der Waals surface area contributed by atoms with Crippen molar-refractivity contribution < 1.29 is 18.3 Å². The predicted molar refractivity (Wildman–Crippen MR) is 150 cm³/mol. The minimum atomic E-state index is -0.831. The van der Waals surface area contributed by atoms with Crippen LogP contribution < -0.4 is 10.6 Å². The molecule has 2 atom stereocenters. The number of esters is 1. The molecule has 4 aromatic rings. The number of aryl methyl sites for hydroxylation is 1. The molecule has 0 fully saturated rings. The van der Waals surface area contributed by atoms with Gasteiger partial charge in [0.25, 0.3) is 0 Å². The van der Waals surface area contributed by atoms with Crippen LogP contribution in [0.25, 0.3) is 10.9 Å². The highest BCUT2D eigenvalue weighted by molar-refractivity contribution is 5.93. The van der Waals surface area contributed by atoms with E-state index in [4.69, 9.17) is 4.74 Å². The van der Waals surface area contributed by atoms with Crippen LogP contribution in [0.5, 0.6) is 0 Å². The van der Waals surface area contributed by atoms with Crippen LogP contribution in [0.15, 0.2) is 54.7 Å². The third kappa shape index (κ3) is 6.37. The fourth-order valence-electron chi connectivity index (χ4n) is 4.53. The summed E-state index contributed by atoms with van der Waals surface area (Å²) < 4.78 is 37.5. The molecule has 2 aromatic heterocycles. The first-order valence-corrected chi connectivity index (χ1v) is 13.1. The number of rotatable bonds is 9. The van der Waals surface area contributed by atoms with E-state index in [1.807, 2.05) is 35.9 Å². The molecule has 0 amide bonds. The van der Waals surface area contributed by atoms with E-state index in [0.717, 1.165) is 17.0 Å². The van der Waals surface area contributed by atoms with E-state index in [1.54, 1.807) is 52.1 Å². The third-order valence-electron chi connectivity index (χ3n) is 6.35. The van der Waals surface area contributed by atoms with E-state index in [0.29, 0.717) is 12.2 Å². The van der Waals surface area contributed by atoms with E-state index in [9.17, 15) is 14.4 Å². The van der Waals surface area contributed by atoms with E-state index in [1.165, 1.54) is 6.07 Å². The Labute approximate surface area is 232 Å². The molecule has 0 aliphatic heterocycles. The third-order valence-corrected chi connectivity index (χ3v) is 6.35. The first kappa shape index (κ1) is 28.5. The van der Waals surface area contributed by atoms with Crippen molar-refractivity contribution in [3.05, 3.63) is 77.5 Å². The molecular formula is C30H32F2N6O2. The van der Waals surface area contributed by atoms with Crippen molar-refractivity contribution in [2.24, 2.45) is 5.92 Å². The zero-order chi connectivity index (χ0) is 29.0. The lowest BCUT2D eigenvalue weighted by Gasteiger charge is -2.28. The Bertz CT molecular complexity index is 1570. The second kappa shape index (κ2) is 11.7.